The molecule has 1 saturated carbocycles. The summed E-state index contributed by atoms with van der Waals surface area (Å²) in [5.41, 5.74) is 3.28. The highest BCUT2D eigenvalue weighted by atomic mass is 32.2. The Hall–Kier alpha value is -1.65. The van der Waals surface area contributed by atoms with E-state index in [2.05, 4.69) is 4.72 Å². The van der Waals surface area contributed by atoms with E-state index in [0.29, 0.717) is 10.8 Å². The molecule has 1 atom stereocenters. The van der Waals surface area contributed by atoms with Gasteiger partial charge in [0.05, 0.1) is 4.90 Å². The van der Waals surface area contributed by atoms with E-state index in [9.17, 15) is 8.42 Å². The molecule has 0 bridgehead atoms. The molecule has 2 aromatic rings. The lowest BCUT2D eigenvalue weighted by Crippen LogP contribution is -2.30. The van der Waals surface area contributed by atoms with Gasteiger partial charge >= 0.3 is 0 Å². The number of hydrogen-bond acceptors (Lipinski definition) is 2. The van der Waals surface area contributed by atoms with Gasteiger partial charge in [-0.05, 0) is 50.3 Å². The monoisotopic (exact) mass is 315 g/mol. The van der Waals surface area contributed by atoms with Crippen molar-refractivity contribution in [1.82, 2.24) is 4.72 Å². The summed E-state index contributed by atoms with van der Waals surface area (Å²) in [6.45, 7) is 3.98. The smallest absolute Gasteiger partial charge is 0.207 e. The second kappa shape index (κ2) is 5.86. The zero-order valence-corrected chi connectivity index (χ0v) is 13.7. The van der Waals surface area contributed by atoms with Crippen LogP contribution in [0.4, 0.5) is 0 Å². The first-order valence-electron chi connectivity index (χ1n) is 7.61. The highest BCUT2D eigenvalue weighted by Gasteiger charge is 2.35. The Bertz CT molecular complexity index is 745. The second-order valence-electron chi connectivity index (χ2n) is 6.16. The van der Waals surface area contributed by atoms with Gasteiger partial charge in [-0.1, -0.05) is 47.5 Å². The van der Waals surface area contributed by atoms with E-state index in [4.69, 9.17) is 0 Å². The van der Waals surface area contributed by atoms with Crippen LogP contribution in [0, 0.1) is 19.8 Å². The zero-order chi connectivity index (χ0) is 15.7. The van der Waals surface area contributed by atoms with Gasteiger partial charge in [-0.15, -0.1) is 0 Å². The predicted molar refractivity (Wildman–Crippen MR) is 88.1 cm³/mol. The first-order chi connectivity index (χ1) is 10.5. The molecule has 1 aliphatic rings. The van der Waals surface area contributed by atoms with Crippen molar-refractivity contribution in [1.29, 1.82) is 0 Å². The normalized spacial score (nSPS) is 16.5. The highest BCUT2D eigenvalue weighted by Crippen LogP contribution is 2.41. The molecule has 22 heavy (non-hydrogen) atoms. The van der Waals surface area contributed by atoms with Crippen molar-refractivity contribution in [2.75, 3.05) is 0 Å². The van der Waals surface area contributed by atoms with Crippen LogP contribution in [-0.2, 0) is 10.0 Å². The minimum Gasteiger partial charge on any atom is -0.207 e. The van der Waals surface area contributed by atoms with Crippen molar-refractivity contribution < 1.29 is 8.42 Å². The lowest BCUT2D eigenvalue weighted by Gasteiger charge is -2.19. The maximum absolute atomic E-state index is 12.6. The molecule has 0 aliphatic heterocycles. The van der Waals surface area contributed by atoms with Gasteiger partial charge in [0.2, 0.25) is 10.0 Å². The van der Waals surface area contributed by atoms with Crippen LogP contribution < -0.4 is 4.72 Å². The number of rotatable bonds is 5. The summed E-state index contributed by atoms with van der Waals surface area (Å²) in [5.74, 6) is 0.405. The maximum Gasteiger partial charge on any atom is 0.241 e. The van der Waals surface area contributed by atoms with Crippen LogP contribution in [0.15, 0.2) is 53.4 Å². The molecule has 1 fully saturated rings. The van der Waals surface area contributed by atoms with E-state index in [-0.39, 0.29) is 6.04 Å². The second-order valence-corrected chi connectivity index (χ2v) is 7.87. The van der Waals surface area contributed by atoms with Gasteiger partial charge in [0.25, 0.3) is 0 Å². The molecule has 0 heterocycles. The van der Waals surface area contributed by atoms with Gasteiger partial charge in [-0.3, -0.25) is 0 Å². The van der Waals surface area contributed by atoms with Gasteiger partial charge in [-0.2, -0.15) is 0 Å². The summed E-state index contributed by atoms with van der Waals surface area (Å²) >= 11 is 0. The Morgan fingerprint density at radius 1 is 0.909 bits per heavy atom. The molecule has 0 amide bonds. The highest BCUT2D eigenvalue weighted by molar-refractivity contribution is 7.89. The van der Waals surface area contributed by atoms with E-state index in [0.717, 1.165) is 24.0 Å². The average molecular weight is 315 g/mol. The SMILES string of the molecule is Cc1ccc(C(NS(=O)(=O)c2ccc(C)cc2)C2CC2)cc1. The molecule has 0 spiro atoms. The van der Waals surface area contributed by atoms with Crippen LogP contribution in [0.2, 0.25) is 0 Å². The molecule has 1 unspecified atom stereocenters. The topological polar surface area (TPSA) is 46.2 Å². The molecule has 116 valence electrons. The fraction of sp³-hybridized carbons (Fsp3) is 0.333. The third-order valence-electron chi connectivity index (χ3n) is 4.14. The fourth-order valence-corrected chi connectivity index (χ4v) is 3.89. The van der Waals surface area contributed by atoms with Crippen molar-refractivity contribution in [3.05, 3.63) is 65.2 Å². The summed E-state index contributed by atoms with van der Waals surface area (Å²) in [5, 5.41) is 0. The number of hydrogen-bond donors (Lipinski definition) is 1. The molecule has 1 N–H and O–H groups in total. The van der Waals surface area contributed by atoms with Crippen LogP contribution in [0.5, 0.6) is 0 Å². The van der Waals surface area contributed by atoms with Crippen LogP contribution in [-0.4, -0.2) is 8.42 Å². The average Bonchev–Trinajstić information content (AvgIpc) is 3.31. The minimum absolute atomic E-state index is 0.132. The van der Waals surface area contributed by atoms with Gasteiger partial charge in [-0.25, -0.2) is 13.1 Å². The molecule has 4 heteroatoms. The number of nitrogens with one attached hydrogen (secondary N) is 1. The summed E-state index contributed by atoms with van der Waals surface area (Å²) in [7, 11) is -3.49. The lowest BCUT2D eigenvalue weighted by atomic mass is 10.0. The van der Waals surface area contributed by atoms with Gasteiger partial charge in [0.15, 0.2) is 0 Å². The third-order valence-corrected chi connectivity index (χ3v) is 5.60. The van der Waals surface area contributed by atoms with Crippen molar-refractivity contribution in [2.24, 2.45) is 5.92 Å². The van der Waals surface area contributed by atoms with Crippen molar-refractivity contribution >= 4 is 10.0 Å². The van der Waals surface area contributed by atoms with Crippen LogP contribution >= 0.6 is 0 Å². The van der Waals surface area contributed by atoms with Crippen LogP contribution in [0.1, 0.15) is 35.6 Å². The number of benzene rings is 2. The Morgan fingerprint density at radius 3 is 1.91 bits per heavy atom. The Labute approximate surface area is 132 Å². The Morgan fingerprint density at radius 2 is 1.41 bits per heavy atom. The Balaban J connectivity index is 1.87. The molecule has 0 radical (unpaired) electrons. The molecule has 2 aromatic carbocycles. The minimum atomic E-state index is -3.49. The summed E-state index contributed by atoms with van der Waals surface area (Å²) in [6, 6.07) is 15.0. The number of aryl methyl sites for hydroxylation is 2. The Kier molecular flexibility index (Phi) is 4.06. The third kappa shape index (κ3) is 3.39. The predicted octanol–water partition coefficient (Wildman–Crippen LogP) is 3.73. The van der Waals surface area contributed by atoms with Crippen LogP contribution in [0.3, 0.4) is 0 Å². The van der Waals surface area contributed by atoms with Crippen molar-refractivity contribution in [3.63, 3.8) is 0 Å². The molecule has 0 aromatic heterocycles. The first kappa shape index (κ1) is 15.3. The maximum atomic E-state index is 12.6. The molecule has 1 aliphatic carbocycles. The fourth-order valence-electron chi connectivity index (χ4n) is 2.59. The summed E-state index contributed by atoms with van der Waals surface area (Å²) in [6.07, 6.45) is 2.16. The molecule has 3 nitrogen and oxygen atoms in total. The van der Waals surface area contributed by atoms with Gasteiger partial charge in [0.1, 0.15) is 0 Å². The summed E-state index contributed by atoms with van der Waals surface area (Å²) in [4.78, 5) is 0.330. The number of sulfonamides is 1. The van der Waals surface area contributed by atoms with E-state index in [1.54, 1.807) is 12.1 Å². The van der Waals surface area contributed by atoms with Crippen molar-refractivity contribution in [3.8, 4) is 0 Å². The largest absolute Gasteiger partial charge is 0.241 e. The molecule has 3 rings (SSSR count). The molecular weight excluding hydrogens is 294 g/mol. The van der Waals surface area contributed by atoms with Gasteiger partial charge in [0, 0.05) is 6.04 Å². The quantitative estimate of drug-likeness (QED) is 0.914. The van der Waals surface area contributed by atoms with Gasteiger partial charge < -0.3 is 0 Å². The molecular formula is C18H21NO2S. The first-order valence-corrected chi connectivity index (χ1v) is 9.09. The standard InChI is InChI=1S/C18H21NO2S/c1-13-3-7-15(8-4-13)18(16-9-10-16)19-22(20,21)17-11-5-14(2)6-12-17/h3-8,11-12,16,18-19H,9-10H2,1-2H3. The van der Waals surface area contributed by atoms with Crippen molar-refractivity contribution in [2.45, 2.75) is 37.6 Å². The van der Waals surface area contributed by atoms with E-state index in [1.165, 1.54) is 5.56 Å². The van der Waals surface area contributed by atoms with E-state index in [1.807, 2.05) is 50.2 Å². The lowest BCUT2D eigenvalue weighted by molar-refractivity contribution is 0.529. The van der Waals surface area contributed by atoms with E-state index >= 15 is 0 Å². The zero-order valence-electron chi connectivity index (χ0n) is 12.9. The van der Waals surface area contributed by atoms with E-state index < -0.39 is 10.0 Å². The van der Waals surface area contributed by atoms with Crippen LogP contribution in [0.25, 0.3) is 0 Å². The summed E-state index contributed by atoms with van der Waals surface area (Å²) < 4.78 is 28.1. The molecule has 0 saturated heterocycles.